The molecule has 0 unspecified atom stereocenters. The van der Waals surface area contributed by atoms with Crippen LogP contribution in [0.3, 0.4) is 0 Å². The number of hydrogen-bond acceptors (Lipinski definition) is 4. The van der Waals surface area contributed by atoms with Crippen molar-refractivity contribution < 1.29 is 25.2 Å². The number of hydrogen-bond donors (Lipinski definition) is 4. The molecule has 5 heteroatoms. The maximum Gasteiger partial charge on any atom is 0.303 e. The van der Waals surface area contributed by atoms with Crippen LogP contribution in [-0.2, 0) is 4.79 Å². The number of carboxylic acid groups (broad SMARTS) is 1. The lowest BCUT2D eigenvalue weighted by Crippen LogP contribution is -2.32. The van der Waals surface area contributed by atoms with Gasteiger partial charge in [0.2, 0.25) is 0 Å². The molecule has 144 valence electrons. The number of rotatable bonds is 12. The summed E-state index contributed by atoms with van der Waals surface area (Å²) in [7, 11) is 0. The molecule has 1 fully saturated rings. The second-order valence-electron chi connectivity index (χ2n) is 7.21. The maximum absolute atomic E-state index is 10.9. The van der Waals surface area contributed by atoms with Crippen LogP contribution in [-0.4, -0.2) is 44.2 Å². The summed E-state index contributed by atoms with van der Waals surface area (Å²) in [6.07, 6.45) is 12.9. The molecule has 0 spiro atoms. The molecule has 1 aliphatic carbocycles. The van der Waals surface area contributed by atoms with Gasteiger partial charge in [0.25, 0.3) is 0 Å². The molecule has 1 aliphatic rings. The van der Waals surface area contributed by atoms with Gasteiger partial charge < -0.3 is 20.4 Å². The Labute approximate surface area is 151 Å². The fourth-order valence-corrected chi connectivity index (χ4v) is 3.39. The number of unbranched alkanes of at least 4 members (excludes halogenated alkanes) is 3. The molecule has 0 aromatic carbocycles. The predicted molar refractivity (Wildman–Crippen MR) is 98.2 cm³/mol. The van der Waals surface area contributed by atoms with Gasteiger partial charge in [0.05, 0.1) is 17.8 Å². The van der Waals surface area contributed by atoms with E-state index >= 15 is 0 Å². The van der Waals surface area contributed by atoms with Crippen LogP contribution in [0.25, 0.3) is 0 Å². The van der Waals surface area contributed by atoms with Crippen LogP contribution in [0.15, 0.2) is 24.3 Å². The number of allylic oxidation sites excluding steroid dienone is 1. The van der Waals surface area contributed by atoms with Crippen molar-refractivity contribution in [2.24, 2.45) is 5.92 Å². The lowest BCUT2D eigenvalue weighted by molar-refractivity contribution is -0.137. The average molecular weight is 354 g/mol. The van der Waals surface area contributed by atoms with E-state index in [1.54, 1.807) is 6.08 Å². The van der Waals surface area contributed by atoms with E-state index < -0.39 is 23.8 Å². The number of aliphatic hydroxyl groups is 3. The molecular formula is C20H34O5. The second kappa shape index (κ2) is 11.4. The molecule has 0 radical (unpaired) electrons. The Morgan fingerprint density at radius 1 is 1.28 bits per heavy atom. The zero-order valence-corrected chi connectivity index (χ0v) is 15.3. The van der Waals surface area contributed by atoms with E-state index in [4.69, 9.17) is 5.11 Å². The van der Waals surface area contributed by atoms with Gasteiger partial charge >= 0.3 is 5.97 Å². The number of carboxylic acids is 1. The summed E-state index contributed by atoms with van der Waals surface area (Å²) >= 11 is 0. The molecule has 4 N–H and O–H groups in total. The highest BCUT2D eigenvalue weighted by molar-refractivity contribution is 5.66. The van der Waals surface area contributed by atoms with Crippen LogP contribution in [0.4, 0.5) is 0 Å². The van der Waals surface area contributed by atoms with Crippen LogP contribution in [0, 0.1) is 5.92 Å². The molecule has 0 amide bonds. The summed E-state index contributed by atoms with van der Waals surface area (Å²) in [5.74, 6) is -0.972. The zero-order valence-electron chi connectivity index (χ0n) is 15.3. The van der Waals surface area contributed by atoms with Gasteiger partial charge in [-0.15, -0.1) is 0 Å². The average Bonchev–Trinajstić information content (AvgIpc) is 2.83. The highest BCUT2D eigenvalue weighted by atomic mass is 16.4. The van der Waals surface area contributed by atoms with E-state index in [0.717, 1.165) is 25.7 Å². The molecule has 25 heavy (non-hydrogen) atoms. The molecule has 4 atom stereocenters. The highest BCUT2D eigenvalue weighted by Gasteiger charge is 2.43. The van der Waals surface area contributed by atoms with E-state index in [9.17, 15) is 20.1 Å². The third-order valence-corrected chi connectivity index (χ3v) is 4.87. The largest absolute Gasteiger partial charge is 0.481 e. The molecule has 0 bridgehead atoms. The molecule has 0 heterocycles. The number of aliphatic carboxylic acids is 1. The number of aliphatic hydroxyl groups excluding tert-OH is 2. The van der Waals surface area contributed by atoms with Gasteiger partial charge in [0.15, 0.2) is 0 Å². The SMILES string of the molecule is CCCCC[C@H](O)/C=C/[C@@H]1C[C@@H](O)C[C@@]1(O)CC=CCCCC(=O)O. The van der Waals surface area contributed by atoms with Gasteiger partial charge in [-0.2, -0.15) is 0 Å². The summed E-state index contributed by atoms with van der Waals surface area (Å²) in [6, 6.07) is 0. The smallest absolute Gasteiger partial charge is 0.303 e. The monoisotopic (exact) mass is 354 g/mol. The standard InChI is InChI=1S/C20H34O5/c1-2-3-6-9-17(21)12-11-16-14-18(22)15-20(16,25)13-8-5-4-7-10-19(23)24/h5,8,11-12,16-18,21-22,25H,2-4,6-7,9-10,13-15H2,1H3,(H,23,24)/b8-5?,12-11+/t16-,17+,18-,20+/m1/s1. The summed E-state index contributed by atoms with van der Waals surface area (Å²) in [4.78, 5) is 10.5. The van der Waals surface area contributed by atoms with Gasteiger partial charge in [-0.25, -0.2) is 0 Å². The predicted octanol–water partition coefficient (Wildman–Crippen LogP) is 3.19. The van der Waals surface area contributed by atoms with Crippen molar-refractivity contribution in [3.63, 3.8) is 0 Å². The molecule has 1 saturated carbocycles. The van der Waals surface area contributed by atoms with Crippen LogP contribution in [0.5, 0.6) is 0 Å². The Kier molecular flexibility index (Phi) is 10.0. The van der Waals surface area contributed by atoms with E-state index in [1.807, 2.05) is 18.2 Å². The fraction of sp³-hybridized carbons (Fsp3) is 0.750. The minimum atomic E-state index is -0.998. The second-order valence-corrected chi connectivity index (χ2v) is 7.21. The lowest BCUT2D eigenvalue weighted by Gasteiger charge is -2.27. The van der Waals surface area contributed by atoms with Crippen LogP contribution < -0.4 is 0 Å². The molecule has 1 rings (SSSR count). The van der Waals surface area contributed by atoms with Crippen molar-refractivity contribution in [2.75, 3.05) is 0 Å². The summed E-state index contributed by atoms with van der Waals surface area (Å²) in [6.45, 7) is 2.12. The van der Waals surface area contributed by atoms with Crippen molar-refractivity contribution in [3.05, 3.63) is 24.3 Å². The quantitative estimate of drug-likeness (QED) is 0.319. The first-order valence-corrected chi connectivity index (χ1v) is 9.51. The first kappa shape index (κ1) is 21.9. The van der Waals surface area contributed by atoms with Gasteiger partial charge in [0, 0.05) is 18.8 Å². The van der Waals surface area contributed by atoms with Crippen LogP contribution in [0.1, 0.15) is 71.1 Å². The highest BCUT2D eigenvalue weighted by Crippen LogP contribution is 2.39. The molecule has 0 aliphatic heterocycles. The van der Waals surface area contributed by atoms with Crippen molar-refractivity contribution >= 4 is 5.97 Å². The Hall–Kier alpha value is -1.17. The molecular weight excluding hydrogens is 320 g/mol. The Morgan fingerprint density at radius 2 is 2.04 bits per heavy atom. The van der Waals surface area contributed by atoms with Crippen molar-refractivity contribution in [1.82, 2.24) is 0 Å². The van der Waals surface area contributed by atoms with Crippen LogP contribution >= 0.6 is 0 Å². The Bertz CT molecular complexity index is 445. The topological polar surface area (TPSA) is 98.0 Å². The molecule has 5 nitrogen and oxygen atoms in total. The number of carbonyl (C=O) groups is 1. The van der Waals surface area contributed by atoms with Gasteiger partial charge in [-0.3, -0.25) is 4.79 Å². The first-order valence-electron chi connectivity index (χ1n) is 9.51. The van der Waals surface area contributed by atoms with Crippen molar-refractivity contribution in [1.29, 1.82) is 0 Å². The normalized spacial score (nSPS) is 28.2. The minimum absolute atomic E-state index is 0.147. The third kappa shape index (κ3) is 8.66. The first-order chi connectivity index (χ1) is 11.9. The van der Waals surface area contributed by atoms with E-state index in [1.165, 1.54) is 0 Å². The molecule has 0 aromatic heterocycles. The Morgan fingerprint density at radius 3 is 2.72 bits per heavy atom. The van der Waals surface area contributed by atoms with Crippen LogP contribution in [0.2, 0.25) is 0 Å². The third-order valence-electron chi connectivity index (χ3n) is 4.87. The van der Waals surface area contributed by atoms with E-state index in [-0.39, 0.29) is 12.3 Å². The molecule has 0 aromatic rings. The van der Waals surface area contributed by atoms with Crippen molar-refractivity contribution in [3.8, 4) is 0 Å². The van der Waals surface area contributed by atoms with E-state index in [2.05, 4.69) is 6.92 Å². The van der Waals surface area contributed by atoms with E-state index in [0.29, 0.717) is 32.1 Å². The minimum Gasteiger partial charge on any atom is -0.481 e. The summed E-state index contributed by atoms with van der Waals surface area (Å²) in [5.41, 5.74) is -0.998. The Balaban J connectivity index is 2.48. The van der Waals surface area contributed by atoms with Crippen molar-refractivity contribution in [2.45, 2.75) is 88.9 Å². The zero-order chi connectivity index (χ0) is 18.7. The van der Waals surface area contributed by atoms with Gasteiger partial charge in [-0.05, 0) is 32.1 Å². The fourth-order valence-electron chi connectivity index (χ4n) is 3.39. The summed E-state index contributed by atoms with van der Waals surface area (Å²) in [5, 5.41) is 39.4. The van der Waals surface area contributed by atoms with Gasteiger partial charge in [0.1, 0.15) is 0 Å². The maximum atomic E-state index is 10.9. The molecule has 0 saturated heterocycles. The summed E-state index contributed by atoms with van der Waals surface area (Å²) < 4.78 is 0. The van der Waals surface area contributed by atoms with Gasteiger partial charge in [-0.1, -0.05) is 50.5 Å². The lowest BCUT2D eigenvalue weighted by atomic mass is 9.86.